The van der Waals surface area contributed by atoms with Crippen LogP contribution in [0.15, 0.2) is 69.8 Å². The van der Waals surface area contributed by atoms with E-state index in [2.05, 4.69) is 32.1 Å². The summed E-state index contributed by atoms with van der Waals surface area (Å²) >= 11 is 9.08. The van der Waals surface area contributed by atoms with Crippen molar-refractivity contribution in [1.82, 2.24) is 10.9 Å². The van der Waals surface area contributed by atoms with Crippen molar-refractivity contribution in [2.24, 2.45) is 0 Å². The summed E-state index contributed by atoms with van der Waals surface area (Å²) in [6.07, 6.45) is 0.0438. The van der Waals surface area contributed by atoms with Gasteiger partial charge in [-0.2, -0.15) is 0 Å². The molecule has 0 atom stereocenters. The summed E-state index contributed by atoms with van der Waals surface area (Å²) in [7, 11) is 0. The molecule has 0 bridgehead atoms. The number of hydrogen-bond donors (Lipinski definition) is 3. The van der Waals surface area contributed by atoms with Gasteiger partial charge in [-0.25, -0.2) is 0 Å². The van der Waals surface area contributed by atoms with E-state index in [9.17, 15) is 14.4 Å². The fraction of sp³-hybridized carbons (Fsp3) is 0.0500. The molecule has 0 saturated heterocycles. The Morgan fingerprint density at radius 3 is 2.28 bits per heavy atom. The predicted molar refractivity (Wildman–Crippen MR) is 112 cm³/mol. The molecule has 0 unspecified atom stereocenters. The van der Waals surface area contributed by atoms with Gasteiger partial charge in [-0.05, 0) is 57.9 Å². The fourth-order valence-corrected chi connectivity index (χ4v) is 2.93. The smallest absolute Gasteiger partial charge is 0.291 e. The van der Waals surface area contributed by atoms with Crippen molar-refractivity contribution >= 4 is 50.9 Å². The van der Waals surface area contributed by atoms with Crippen LogP contribution in [0.3, 0.4) is 0 Å². The summed E-state index contributed by atoms with van der Waals surface area (Å²) in [6.45, 7) is 0. The molecule has 0 radical (unpaired) electrons. The van der Waals surface area contributed by atoms with Crippen LogP contribution in [-0.2, 0) is 11.2 Å². The Balaban J connectivity index is 1.50. The summed E-state index contributed by atoms with van der Waals surface area (Å²) in [5, 5.41) is 2.98. The van der Waals surface area contributed by atoms with Gasteiger partial charge in [-0.3, -0.25) is 25.2 Å². The minimum atomic E-state index is -0.508. The molecule has 1 aromatic heterocycles. The van der Waals surface area contributed by atoms with Crippen LogP contribution in [0.2, 0.25) is 5.02 Å². The Morgan fingerprint density at radius 1 is 0.897 bits per heavy atom. The quantitative estimate of drug-likeness (QED) is 0.485. The first-order valence-corrected chi connectivity index (χ1v) is 9.59. The second-order valence-corrected chi connectivity index (χ2v) is 7.10. The first kappa shape index (κ1) is 20.6. The summed E-state index contributed by atoms with van der Waals surface area (Å²) in [6, 6.07) is 16.4. The Kier molecular flexibility index (Phi) is 6.69. The molecule has 1 heterocycles. The average Bonchev–Trinajstić information content (AvgIpc) is 3.14. The maximum Gasteiger partial charge on any atom is 0.291 e. The molecule has 9 heteroatoms. The molecule has 0 aliphatic carbocycles. The molecule has 0 fully saturated rings. The van der Waals surface area contributed by atoms with Gasteiger partial charge < -0.3 is 9.73 Å². The van der Waals surface area contributed by atoms with Crippen LogP contribution in [-0.4, -0.2) is 17.7 Å². The highest BCUT2D eigenvalue weighted by Crippen LogP contribution is 2.17. The number of furan rings is 1. The maximum absolute atomic E-state index is 12.0. The second-order valence-electron chi connectivity index (χ2n) is 5.91. The van der Waals surface area contributed by atoms with Gasteiger partial charge in [0.1, 0.15) is 0 Å². The van der Waals surface area contributed by atoms with E-state index in [0.29, 0.717) is 20.9 Å². The highest BCUT2D eigenvalue weighted by molar-refractivity contribution is 9.10. The standard InChI is InChI=1S/C20H15BrClN3O4/c21-17-10-9-16(29-17)20(28)23-13-7-5-12(6-8-13)11-18(26)24-25-19(27)14-3-1-2-4-15(14)22/h1-10H,11H2,(H,23,28)(H,24,26)(H,25,27). The zero-order valence-corrected chi connectivity index (χ0v) is 17.2. The minimum Gasteiger partial charge on any atom is -0.444 e. The monoisotopic (exact) mass is 475 g/mol. The molecule has 29 heavy (non-hydrogen) atoms. The zero-order chi connectivity index (χ0) is 20.8. The number of anilines is 1. The number of hydrazine groups is 1. The van der Waals surface area contributed by atoms with Gasteiger partial charge in [0.2, 0.25) is 5.91 Å². The lowest BCUT2D eigenvalue weighted by molar-refractivity contribution is -0.121. The lowest BCUT2D eigenvalue weighted by Crippen LogP contribution is -2.42. The van der Waals surface area contributed by atoms with E-state index in [0.717, 1.165) is 0 Å². The molecule has 0 spiro atoms. The molecule has 0 aliphatic rings. The Bertz CT molecular complexity index is 1050. The number of hydrogen-bond acceptors (Lipinski definition) is 4. The lowest BCUT2D eigenvalue weighted by atomic mass is 10.1. The molecule has 3 N–H and O–H groups in total. The van der Waals surface area contributed by atoms with Crippen molar-refractivity contribution in [2.75, 3.05) is 5.32 Å². The normalized spacial score (nSPS) is 10.3. The molecule has 3 rings (SSSR count). The van der Waals surface area contributed by atoms with E-state index in [4.69, 9.17) is 16.0 Å². The largest absolute Gasteiger partial charge is 0.444 e. The van der Waals surface area contributed by atoms with Crippen molar-refractivity contribution < 1.29 is 18.8 Å². The van der Waals surface area contributed by atoms with Crippen LogP contribution in [0.1, 0.15) is 26.5 Å². The van der Waals surface area contributed by atoms with Crippen LogP contribution in [0.4, 0.5) is 5.69 Å². The van der Waals surface area contributed by atoms with Gasteiger partial charge in [0.15, 0.2) is 10.4 Å². The maximum atomic E-state index is 12.0. The topological polar surface area (TPSA) is 100 Å². The van der Waals surface area contributed by atoms with Crippen LogP contribution in [0.25, 0.3) is 0 Å². The molecular weight excluding hydrogens is 462 g/mol. The lowest BCUT2D eigenvalue weighted by Gasteiger charge is -2.09. The van der Waals surface area contributed by atoms with Crippen LogP contribution in [0.5, 0.6) is 0 Å². The Morgan fingerprint density at radius 2 is 1.62 bits per heavy atom. The first-order valence-electron chi connectivity index (χ1n) is 8.42. The van der Waals surface area contributed by atoms with E-state index in [1.165, 1.54) is 0 Å². The summed E-state index contributed by atoms with van der Waals surface area (Å²) in [5.74, 6) is -1.12. The van der Waals surface area contributed by atoms with Crippen LogP contribution in [0, 0.1) is 0 Å². The first-order chi connectivity index (χ1) is 13.9. The molecule has 0 saturated carbocycles. The number of carbonyl (C=O) groups excluding carboxylic acids is 3. The van der Waals surface area contributed by atoms with Gasteiger partial charge in [0, 0.05) is 5.69 Å². The number of nitrogens with one attached hydrogen (secondary N) is 3. The van der Waals surface area contributed by atoms with Crippen molar-refractivity contribution in [3.63, 3.8) is 0 Å². The number of carbonyl (C=O) groups is 3. The number of rotatable bonds is 5. The minimum absolute atomic E-state index is 0.0438. The molecule has 7 nitrogen and oxygen atoms in total. The second kappa shape index (κ2) is 9.40. The van der Waals surface area contributed by atoms with E-state index < -0.39 is 11.8 Å². The molecule has 148 valence electrons. The average molecular weight is 477 g/mol. The van der Waals surface area contributed by atoms with Gasteiger partial charge in [0.05, 0.1) is 17.0 Å². The number of amides is 3. The molecule has 0 aliphatic heterocycles. The van der Waals surface area contributed by atoms with Crippen LogP contribution < -0.4 is 16.2 Å². The third kappa shape index (κ3) is 5.69. The van der Waals surface area contributed by atoms with Gasteiger partial charge >= 0.3 is 0 Å². The molecule has 2 aromatic carbocycles. The van der Waals surface area contributed by atoms with Crippen molar-refractivity contribution in [3.05, 3.63) is 87.2 Å². The van der Waals surface area contributed by atoms with E-state index in [1.54, 1.807) is 60.7 Å². The fourth-order valence-electron chi connectivity index (χ4n) is 2.40. The Hall–Kier alpha value is -3.10. The zero-order valence-electron chi connectivity index (χ0n) is 14.9. The van der Waals surface area contributed by atoms with Gasteiger partial charge in [-0.1, -0.05) is 35.9 Å². The SMILES string of the molecule is O=C(Cc1ccc(NC(=O)c2ccc(Br)o2)cc1)NNC(=O)c1ccccc1Cl. The van der Waals surface area contributed by atoms with Crippen molar-refractivity contribution in [1.29, 1.82) is 0 Å². The Labute approximate surface area is 179 Å². The van der Waals surface area contributed by atoms with Crippen molar-refractivity contribution in [3.8, 4) is 0 Å². The number of benzene rings is 2. The van der Waals surface area contributed by atoms with E-state index in [1.807, 2.05) is 0 Å². The van der Waals surface area contributed by atoms with Gasteiger partial charge in [0.25, 0.3) is 11.8 Å². The third-order valence-corrected chi connectivity index (χ3v) is 4.56. The van der Waals surface area contributed by atoms with E-state index in [-0.39, 0.29) is 23.7 Å². The predicted octanol–water partition coefficient (Wildman–Crippen LogP) is 3.95. The van der Waals surface area contributed by atoms with E-state index >= 15 is 0 Å². The summed E-state index contributed by atoms with van der Waals surface area (Å²) < 4.78 is 5.65. The molecule has 3 amide bonds. The highest BCUT2D eigenvalue weighted by Gasteiger charge is 2.12. The van der Waals surface area contributed by atoms with Gasteiger partial charge in [-0.15, -0.1) is 0 Å². The van der Waals surface area contributed by atoms with Crippen molar-refractivity contribution in [2.45, 2.75) is 6.42 Å². The summed E-state index contributed by atoms with van der Waals surface area (Å²) in [5.41, 5.74) is 6.19. The summed E-state index contributed by atoms with van der Waals surface area (Å²) in [4.78, 5) is 36.1. The molecule has 3 aromatic rings. The highest BCUT2D eigenvalue weighted by atomic mass is 79.9. The third-order valence-electron chi connectivity index (χ3n) is 3.81. The van der Waals surface area contributed by atoms with Crippen LogP contribution >= 0.6 is 27.5 Å². The molecular formula is C20H15BrClN3O4. The number of halogens is 2.